The molecule has 4 aromatic rings. The molecule has 1 aromatic carbocycles. The normalized spacial score (nSPS) is 13.5. The maximum absolute atomic E-state index is 13.0. The average Bonchev–Trinajstić information content (AvgIpc) is 3.55. The summed E-state index contributed by atoms with van der Waals surface area (Å²) in [7, 11) is 0. The van der Waals surface area contributed by atoms with Crippen molar-refractivity contribution in [3.63, 3.8) is 0 Å². The molecule has 1 aliphatic heterocycles. The van der Waals surface area contributed by atoms with E-state index >= 15 is 0 Å². The van der Waals surface area contributed by atoms with E-state index in [-0.39, 0.29) is 23.3 Å². The van der Waals surface area contributed by atoms with Crippen molar-refractivity contribution in [3.8, 4) is 16.5 Å². The van der Waals surface area contributed by atoms with E-state index in [1.807, 2.05) is 34.9 Å². The van der Waals surface area contributed by atoms with Crippen molar-refractivity contribution < 1.29 is 9.59 Å². The Morgan fingerprint density at radius 1 is 1.27 bits per heavy atom. The molecule has 10 heteroatoms. The lowest BCUT2D eigenvalue weighted by atomic mass is 9.99. The smallest absolute Gasteiger partial charge is 0.268 e. The first-order chi connectivity index (χ1) is 16.0. The molecule has 0 radical (unpaired) electrons. The topological polar surface area (TPSA) is 120 Å². The van der Waals surface area contributed by atoms with E-state index in [1.165, 1.54) is 11.3 Å². The van der Waals surface area contributed by atoms with Crippen LogP contribution in [0.4, 0.5) is 5.95 Å². The molecule has 3 aromatic heterocycles. The van der Waals surface area contributed by atoms with E-state index in [4.69, 9.17) is 5.26 Å². The predicted octanol–water partition coefficient (Wildman–Crippen LogP) is 3.28. The molecule has 9 nitrogen and oxygen atoms in total. The standard InChI is InChI=1S/C23H19N7O2S/c1-14(8-24)22(32)29-11-15(12-29)13-30-18-5-3-2-4-17(18)27-23(30)28-21(31)20-7-6-19(33-20)16-9-25-26-10-16/h2-7,9-10,15H,1,11-13H2,(H,25,26)(H,27,28,31). The summed E-state index contributed by atoms with van der Waals surface area (Å²) >= 11 is 1.38. The van der Waals surface area contributed by atoms with Gasteiger partial charge in [-0.15, -0.1) is 11.3 Å². The summed E-state index contributed by atoms with van der Waals surface area (Å²) in [5.41, 5.74) is 2.56. The Labute approximate surface area is 193 Å². The van der Waals surface area contributed by atoms with Gasteiger partial charge >= 0.3 is 0 Å². The molecule has 0 saturated carbocycles. The summed E-state index contributed by atoms with van der Waals surface area (Å²) in [6, 6.07) is 13.2. The van der Waals surface area contributed by atoms with E-state index in [1.54, 1.807) is 29.4 Å². The van der Waals surface area contributed by atoms with Crippen molar-refractivity contribution >= 4 is 40.1 Å². The largest absolute Gasteiger partial charge is 0.337 e. The summed E-state index contributed by atoms with van der Waals surface area (Å²) < 4.78 is 1.98. The van der Waals surface area contributed by atoms with Crippen LogP contribution in [0, 0.1) is 17.2 Å². The molecule has 2 N–H and O–H groups in total. The summed E-state index contributed by atoms with van der Waals surface area (Å²) in [5, 5.41) is 18.6. The molecule has 2 amide bonds. The van der Waals surface area contributed by atoms with Crippen molar-refractivity contribution in [1.29, 1.82) is 5.26 Å². The van der Waals surface area contributed by atoms with Crippen LogP contribution < -0.4 is 5.32 Å². The number of fused-ring (bicyclic) bond motifs is 1. The van der Waals surface area contributed by atoms with Gasteiger partial charge in [0.25, 0.3) is 11.8 Å². The molecule has 164 valence electrons. The number of nitriles is 1. The minimum absolute atomic E-state index is 0.0554. The van der Waals surface area contributed by atoms with Crippen LogP contribution in [0.2, 0.25) is 0 Å². The average molecular weight is 458 g/mol. The fraction of sp³-hybridized carbons (Fsp3) is 0.174. The molecule has 33 heavy (non-hydrogen) atoms. The highest BCUT2D eigenvalue weighted by molar-refractivity contribution is 7.17. The predicted molar refractivity (Wildman–Crippen MR) is 124 cm³/mol. The number of para-hydroxylation sites is 2. The number of H-pyrrole nitrogens is 1. The van der Waals surface area contributed by atoms with Gasteiger partial charge in [-0.2, -0.15) is 10.4 Å². The molecule has 5 rings (SSSR count). The van der Waals surface area contributed by atoms with Gasteiger partial charge in [-0.25, -0.2) is 4.98 Å². The van der Waals surface area contributed by atoms with E-state index in [0.29, 0.717) is 30.5 Å². The highest BCUT2D eigenvalue weighted by atomic mass is 32.1. The summed E-state index contributed by atoms with van der Waals surface area (Å²) in [6.07, 6.45) is 3.50. The first-order valence-electron chi connectivity index (χ1n) is 10.3. The Morgan fingerprint density at radius 3 is 2.85 bits per heavy atom. The molecule has 1 aliphatic rings. The number of imidazole rings is 1. The number of thiophene rings is 1. The molecule has 0 aliphatic carbocycles. The molecular formula is C23H19N7O2S. The molecule has 0 bridgehead atoms. The fourth-order valence-electron chi connectivity index (χ4n) is 3.87. The molecule has 0 unspecified atom stereocenters. The van der Waals surface area contributed by atoms with Crippen LogP contribution in [0.25, 0.3) is 21.5 Å². The van der Waals surface area contributed by atoms with Gasteiger partial charge in [-0.1, -0.05) is 18.7 Å². The second kappa shape index (κ2) is 8.37. The van der Waals surface area contributed by atoms with Crippen molar-refractivity contribution in [3.05, 3.63) is 65.8 Å². The van der Waals surface area contributed by atoms with Gasteiger partial charge in [0.2, 0.25) is 5.95 Å². The van der Waals surface area contributed by atoms with Gasteiger partial charge in [-0.05, 0) is 24.3 Å². The zero-order chi connectivity index (χ0) is 22.9. The molecule has 4 heterocycles. The number of nitrogens with zero attached hydrogens (tertiary/aromatic N) is 5. The third-order valence-electron chi connectivity index (χ3n) is 5.57. The minimum Gasteiger partial charge on any atom is -0.337 e. The number of rotatable bonds is 6. The third kappa shape index (κ3) is 3.90. The fourth-order valence-corrected chi connectivity index (χ4v) is 4.75. The third-order valence-corrected chi connectivity index (χ3v) is 6.70. The van der Waals surface area contributed by atoms with E-state index in [9.17, 15) is 9.59 Å². The summed E-state index contributed by atoms with van der Waals surface area (Å²) in [5.74, 6) is 0.0831. The number of benzene rings is 1. The van der Waals surface area contributed by atoms with Crippen molar-refractivity contribution in [2.45, 2.75) is 6.54 Å². The van der Waals surface area contributed by atoms with Crippen molar-refractivity contribution in [1.82, 2.24) is 24.6 Å². The van der Waals surface area contributed by atoms with Crippen LogP contribution in [0.1, 0.15) is 9.67 Å². The molecular weight excluding hydrogens is 438 g/mol. The molecule has 1 fully saturated rings. The number of carbonyl (C=O) groups is 2. The lowest BCUT2D eigenvalue weighted by Crippen LogP contribution is -2.51. The van der Waals surface area contributed by atoms with Gasteiger partial charge in [-0.3, -0.25) is 20.0 Å². The molecule has 0 spiro atoms. The van der Waals surface area contributed by atoms with Gasteiger partial charge in [0.1, 0.15) is 11.6 Å². The molecule has 1 saturated heterocycles. The number of hydrogen-bond acceptors (Lipinski definition) is 6. The number of nitrogens with one attached hydrogen (secondary N) is 2. The second-order valence-electron chi connectivity index (χ2n) is 7.81. The van der Waals surface area contributed by atoms with Gasteiger partial charge in [0, 0.05) is 42.2 Å². The van der Waals surface area contributed by atoms with Crippen LogP contribution in [0.15, 0.2) is 60.9 Å². The number of aromatic nitrogens is 4. The maximum Gasteiger partial charge on any atom is 0.268 e. The SMILES string of the molecule is C=C(C#N)C(=O)N1CC(Cn2c(NC(=O)c3ccc(-c4cn[nH]c4)s3)nc3ccccc32)C1. The number of carbonyl (C=O) groups excluding carboxylic acids is 2. The first-order valence-corrected chi connectivity index (χ1v) is 11.1. The Morgan fingerprint density at radius 2 is 2.09 bits per heavy atom. The number of amides is 2. The van der Waals surface area contributed by atoms with E-state index in [2.05, 4.69) is 27.1 Å². The van der Waals surface area contributed by atoms with Crippen LogP contribution in [-0.4, -0.2) is 49.6 Å². The van der Waals surface area contributed by atoms with Crippen LogP contribution in [0.5, 0.6) is 0 Å². The number of likely N-dealkylation sites (tertiary alicyclic amines) is 1. The summed E-state index contributed by atoms with van der Waals surface area (Å²) in [6.45, 7) is 5.13. The second-order valence-corrected chi connectivity index (χ2v) is 8.89. The van der Waals surface area contributed by atoms with Crippen LogP contribution in [0.3, 0.4) is 0 Å². The first kappa shape index (κ1) is 20.7. The maximum atomic E-state index is 13.0. The monoisotopic (exact) mass is 457 g/mol. The van der Waals surface area contributed by atoms with Crippen LogP contribution >= 0.6 is 11.3 Å². The Kier molecular flexibility index (Phi) is 5.24. The Balaban J connectivity index is 1.34. The molecule has 0 atom stereocenters. The Hall–Kier alpha value is -4.23. The number of hydrogen-bond donors (Lipinski definition) is 2. The van der Waals surface area contributed by atoms with Crippen molar-refractivity contribution in [2.75, 3.05) is 18.4 Å². The van der Waals surface area contributed by atoms with Gasteiger partial charge in [0.05, 0.1) is 22.1 Å². The zero-order valence-electron chi connectivity index (χ0n) is 17.5. The quantitative estimate of drug-likeness (QED) is 0.340. The lowest BCUT2D eigenvalue weighted by Gasteiger charge is -2.39. The lowest BCUT2D eigenvalue weighted by molar-refractivity contribution is -0.133. The van der Waals surface area contributed by atoms with Gasteiger partial charge in [0.15, 0.2) is 0 Å². The minimum atomic E-state index is -0.330. The van der Waals surface area contributed by atoms with E-state index < -0.39 is 0 Å². The summed E-state index contributed by atoms with van der Waals surface area (Å²) in [4.78, 5) is 32.8. The number of anilines is 1. The number of aromatic amines is 1. The Bertz CT molecular complexity index is 1400. The van der Waals surface area contributed by atoms with E-state index in [0.717, 1.165) is 21.5 Å². The van der Waals surface area contributed by atoms with Crippen LogP contribution in [-0.2, 0) is 11.3 Å². The van der Waals surface area contributed by atoms with Gasteiger partial charge < -0.3 is 9.47 Å². The highest BCUT2D eigenvalue weighted by Crippen LogP contribution is 2.29. The highest BCUT2D eigenvalue weighted by Gasteiger charge is 2.33. The van der Waals surface area contributed by atoms with Crippen molar-refractivity contribution in [2.24, 2.45) is 5.92 Å². The zero-order valence-corrected chi connectivity index (χ0v) is 18.3.